The van der Waals surface area contributed by atoms with Crippen molar-refractivity contribution in [2.75, 3.05) is 6.54 Å². The molecule has 0 radical (unpaired) electrons. The molecule has 1 N–H and O–H groups in total. The van der Waals surface area contributed by atoms with Crippen LogP contribution in [0.2, 0.25) is 0 Å². The smallest absolute Gasteiger partial charge is 0.317 e. The van der Waals surface area contributed by atoms with Crippen LogP contribution >= 0.6 is 0 Å². The highest BCUT2D eigenvalue weighted by atomic mass is 16.2. The van der Waals surface area contributed by atoms with Crippen molar-refractivity contribution in [3.8, 4) is 0 Å². The van der Waals surface area contributed by atoms with Gasteiger partial charge in [0.05, 0.1) is 0 Å². The van der Waals surface area contributed by atoms with Crippen LogP contribution in [-0.4, -0.2) is 23.5 Å². The predicted molar refractivity (Wildman–Crippen MR) is 78.3 cm³/mol. The number of rotatable bonds is 2. The zero-order valence-electron chi connectivity index (χ0n) is 12.4. The third-order valence-corrected chi connectivity index (χ3v) is 3.61. The van der Waals surface area contributed by atoms with Gasteiger partial charge in [0.2, 0.25) is 0 Å². The number of hydrogen-bond donors (Lipinski definition) is 1. The molecule has 0 unspecified atom stereocenters. The summed E-state index contributed by atoms with van der Waals surface area (Å²) in [7, 11) is 0. The van der Waals surface area contributed by atoms with Gasteiger partial charge in [-0.25, -0.2) is 4.79 Å². The lowest BCUT2D eigenvalue weighted by atomic mass is 9.93. The van der Waals surface area contributed by atoms with Crippen LogP contribution < -0.4 is 5.32 Å². The highest BCUT2D eigenvalue weighted by Crippen LogP contribution is 2.24. The van der Waals surface area contributed by atoms with E-state index in [1.165, 1.54) is 16.7 Å². The second-order valence-corrected chi connectivity index (χ2v) is 5.96. The van der Waals surface area contributed by atoms with Gasteiger partial charge in [0.25, 0.3) is 0 Å². The molecular formula is C16H24N2O. The molecule has 1 heterocycles. The molecule has 0 aromatic heterocycles. The van der Waals surface area contributed by atoms with E-state index in [-0.39, 0.29) is 12.1 Å². The van der Waals surface area contributed by atoms with Gasteiger partial charge in [0.15, 0.2) is 0 Å². The number of benzene rings is 1. The number of urea groups is 1. The van der Waals surface area contributed by atoms with Gasteiger partial charge >= 0.3 is 6.03 Å². The quantitative estimate of drug-likeness (QED) is 0.869. The Hall–Kier alpha value is -1.51. The van der Waals surface area contributed by atoms with Crippen LogP contribution in [0.1, 0.15) is 50.3 Å². The third-order valence-electron chi connectivity index (χ3n) is 3.61. The molecule has 1 aliphatic rings. The van der Waals surface area contributed by atoms with Crippen LogP contribution in [0.5, 0.6) is 0 Å². The van der Waals surface area contributed by atoms with Crippen LogP contribution in [0.4, 0.5) is 4.79 Å². The Morgan fingerprint density at radius 2 is 1.95 bits per heavy atom. The summed E-state index contributed by atoms with van der Waals surface area (Å²) in [4.78, 5) is 13.9. The minimum atomic E-state index is 0.0496. The van der Waals surface area contributed by atoms with E-state index in [1.807, 2.05) is 18.7 Å². The predicted octanol–water partition coefficient (Wildman–Crippen LogP) is 3.29. The number of nitrogens with zero attached hydrogens (tertiary/aromatic N) is 1. The fourth-order valence-electron chi connectivity index (χ4n) is 2.44. The van der Waals surface area contributed by atoms with Crippen molar-refractivity contribution in [3.63, 3.8) is 0 Å². The number of fused-ring (bicyclic) bond motifs is 1. The van der Waals surface area contributed by atoms with Crippen molar-refractivity contribution in [1.82, 2.24) is 10.2 Å². The Labute approximate surface area is 116 Å². The molecular weight excluding hydrogens is 236 g/mol. The Kier molecular flexibility index (Phi) is 4.13. The molecule has 104 valence electrons. The fourth-order valence-corrected chi connectivity index (χ4v) is 2.44. The van der Waals surface area contributed by atoms with Crippen LogP contribution in [0.15, 0.2) is 18.2 Å². The maximum Gasteiger partial charge on any atom is 0.317 e. The van der Waals surface area contributed by atoms with Gasteiger partial charge in [-0.05, 0) is 42.9 Å². The first-order valence-electron chi connectivity index (χ1n) is 7.14. The van der Waals surface area contributed by atoms with E-state index in [4.69, 9.17) is 0 Å². The summed E-state index contributed by atoms with van der Waals surface area (Å²) in [5, 5.41) is 2.96. The summed E-state index contributed by atoms with van der Waals surface area (Å²) < 4.78 is 0. The SMILES string of the molecule is CC(C)NC(=O)N1CCc2cc(C(C)C)ccc2C1. The van der Waals surface area contributed by atoms with E-state index in [2.05, 4.69) is 37.4 Å². The standard InChI is InChI=1S/C16H24N2O/c1-11(2)13-5-6-15-10-18(8-7-14(15)9-13)16(19)17-12(3)4/h5-6,9,11-12H,7-8,10H2,1-4H3,(H,17,19). The summed E-state index contributed by atoms with van der Waals surface area (Å²) in [5.41, 5.74) is 4.08. The lowest BCUT2D eigenvalue weighted by molar-refractivity contribution is 0.190. The molecule has 0 saturated heterocycles. The highest BCUT2D eigenvalue weighted by molar-refractivity contribution is 5.74. The van der Waals surface area contributed by atoms with Gasteiger partial charge < -0.3 is 10.2 Å². The molecule has 0 saturated carbocycles. The van der Waals surface area contributed by atoms with Crippen molar-refractivity contribution in [1.29, 1.82) is 0 Å². The average molecular weight is 260 g/mol. The van der Waals surface area contributed by atoms with E-state index in [9.17, 15) is 4.79 Å². The number of nitrogens with one attached hydrogen (secondary N) is 1. The highest BCUT2D eigenvalue weighted by Gasteiger charge is 2.21. The summed E-state index contributed by atoms with van der Waals surface area (Å²) in [6.07, 6.45) is 0.960. The fraction of sp³-hybridized carbons (Fsp3) is 0.562. The van der Waals surface area contributed by atoms with Crippen LogP contribution in [0, 0.1) is 0 Å². The normalized spacial score (nSPS) is 14.7. The Morgan fingerprint density at radius 1 is 1.21 bits per heavy atom. The average Bonchev–Trinajstić information content (AvgIpc) is 2.36. The van der Waals surface area contributed by atoms with Gasteiger partial charge in [-0.15, -0.1) is 0 Å². The molecule has 19 heavy (non-hydrogen) atoms. The van der Waals surface area contributed by atoms with Crippen molar-refractivity contribution < 1.29 is 4.79 Å². The topological polar surface area (TPSA) is 32.3 Å². The third kappa shape index (κ3) is 3.28. The van der Waals surface area contributed by atoms with E-state index in [0.717, 1.165) is 19.5 Å². The van der Waals surface area contributed by atoms with Crippen LogP contribution in [0.25, 0.3) is 0 Å². The molecule has 0 bridgehead atoms. The molecule has 0 atom stereocenters. The Bertz CT molecular complexity index is 466. The lowest BCUT2D eigenvalue weighted by Gasteiger charge is -2.30. The van der Waals surface area contributed by atoms with Crippen LogP contribution in [-0.2, 0) is 13.0 Å². The van der Waals surface area contributed by atoms with Crippen molar-refractivity contribution in [2.24, 2.45) is 0 Å². The number of amides is 2. The molecule has 0 spiro atoms. The van der Waals surface area contributed by atoms with E-state index in [0.29, 0.717) is 5.92 Å². The summed E-state index contributed by atoms with van der Waals surface area (Å²) >= 11 is 0. The molecule has 1 aromatic rings. The molecule has 3 nitrogen and oxygen atoms in total. The second-order valence-electron chi connectivity index (χ2n) is 5.96. The minimum absolute atomic E-state index is 0.0496. The summed E-state index contributed by atoms with van der Waals surface area (Å²) in [5.74, 6) is 0.563. The second kappa shape index (κ2) is 5.64. The van der Waals surface area contributed by atoms with E-state index < -0.39 is 0 Å². The maximum atomic E-state index is 12.0. The van der Waals surface area contributed by atoms with Gasteiger partial charge in [0.1, 0.15) is 0 Å². The maximum absolute atomic E-state index is 12.0. The molecule has 0 aliphatic carbocycles. The number of hydrogen-bond acceptors (Lipinski definition) is 1. The molecule has 2 amide bonds. The largest absolute Gasteiger partial charge is 0.336 e. The number of carbonyl (C=O) groups is 1. The Morgan fingerprint density at radius 3 is 2.58 bits per heavy atom. The van der Waals surface area contributed by atoms with Gasteiger partial charge in [0, 0.05) is 19.1 Å². The number of carbonyl (C=O) groups excluding carboxylic acids is 1. The van der Waals surface area contributed by atoms with E-state index in [1.54, 1.807) is 0 Å². The first-order valence-corrected chi connectivity index (χ1v) is 7.14. The van der Waals surface area contributed by atoms with Crippen molar-refractivity contribution in [3.05, 3.63) is 34.9 Å². The Balaban J connectivity index is 2.10. The molecule has 1 aliphatic heterocycles. The van der Waals surface area contributed by atoms with Crippen LogP contribution in [0.3, 0.4) is 0 Å². The first kappa shape index (κ1) is 13.9. The van der Waals surface area contributed by atoms with Gasteiger partial charge in [-0.3, -0.25) is 0 Å². The lowest BCUT2D eigenvalue weighted by Crippen LogP contribution is -2.45. The van der Waals surface area contributed by atoms with Gasteiger partial charge in [-0.1, -0.05) is 32.0 Å². The molecule has 1 aromatic carbocycles. The molecule has 2 rings (SSSR count). The van der Waals surface area contributed by atoms with Gasteiger partial charge in [-0.2, -0.15) is 0 Å². The zero-order valence-corrected chi connectivity index (χ0v) is 12.4. The summed E-state index contributed by atoms with van der Waals surface area (Å²) in [6.45, 7) is 9.95. The minimum Gasteiger partial charge on any atom is -0.336 e. The summed E-state index contributed by atoms with van der Waals surface area (Å²) in [6, 6.07) is 6.91. The monoisotopic (exact) mass is 260 g/mol. The first-order chi connectivity index (χ1) is 8.97. The van der Waals surface area contributed by atoms with Crippen molar-refractivity contribution >= 4 is 6.03 Å². The zero-order chi connectivity index (χ0) is 14.0. The molecule has 0 fully saturated rings. The van der Waals surface area contributed by atoms with Crippen molar-refractivity contribution in [2.45, 2.75) is 52.6 Å². The molecule has 3 heteroatoms. The van der Waals surface area contributed by atoms with E-state index >= 15 is 0 Å².